The summed E-state index contributed by atoms with van der Waals surface area (Å²) in [6.07, 6.45) is 1.57. The lowest BCUT2D eigenvalue weighted by molar-refractivity contribution is 0.0746. The lowest BCUT2D eigenvalue weighted by atomic mass is 10.1. The van der Waals surface area contributed by atoms with E-state index in [0.717, 1.165) is 5.82 Å². The van der Waals surface area contributed by atoms with Crippen molar-refractivity contribution in [1.29, 1.82) is 0 Å². The molecule has 1 fully saturated rings. The first-order valence-electron chi connectivity index (χ1n) is 7.78. The number of carbonyl (C=O) groups is 1. The second-order valence-electron chi connectivity index (χ2n) is 5.73. The monoisotopic (exact) mass is 376 g/mol. The van der Waals surface area contributed by atoms with Gasteiger partial charge in [-0.25, -0.2) is 0 Å². The summed E-state index contributed by atoms with van der Waals surface area (Å²) in [7, 11) is 0. The van der Waals surface area contributed by atoms with Crippen LogP contribution in [0.5, 0.6) is 0 Å². The molecule has 1 saturated heterocycles. The van der Waals surface area contributed by atoms with Crippen LogP contribution in [0.25, 0.3) is 5.65 Å². The van der Waals surface area contributed by atoms with Crippen LogP contribution in [0.2, 0.25) is 10.0 Å². The van der Waals surface area contributed by atoms with E-state index in [1.54, 1.807) is 33.9 Å². The van der Waals surface area contributed by atoms with E-state index in [1.165, 1.54) is 0 Å². The number of amides is 1. The minimum Gasteiger partial charge on any atom is -0.352 e. The number of carbonyl (C=O) groups excluding carboxylic acids is 1. The smallest absolute Gasteiger partial charge is 0.255 e. The predicted molar refractivity (Wildman–Crippen MR) is 95.4 cm³/mol. The van der Waals surface area contributed by atoms with Crippen molar-refractivity contribution in [1.82, 2.24) is 24.7 Å². The molecule has 25 heavy (non-hydrogen) atoms. The molecule has 1 aliphatic rings. The second kappa shape index (κ2) is 6.50. The molecule has 0 saturated carbocycles. The highest BCUT2D eigenvalue weighted by molar-refractivity contribution is 6.35. The van der Waals surface area contributed by atoms with E-state index in [9.17, 15) is 4.79 Å². The molecule has 0 N–H and O–H groups in total. The van der Waals surface area contributed by atoms with E-state index < -0.39 is 0 Å². The summed E-state index contributed by atoms with van der Waals surface area (Å²) in [5.41, 5.74) is 1.14. The number of aromatic nitrogens is 4. The molecule has 2 aromatic heterocycles. The molecule has 7 nitrogen and oxygen atoms in total. The molecule has 3 aromatic rings. The second-order valence-corrected chi connectivity index (χ2v) is 6.57. The summed E-state index contributed by atoms with van der Waals surface area (Å²) in [5.74, 6) is 0.731. The van der Waals surface area contributed by atoms with Gasteiger partial charge in [-0.2, -0.15) is 4.52 Å². The number of hydrogen-bond donors (Lipinski definition) is 0. The maximum atomic E-state index is 12.7. The SMILES string of the molecule is O=C(c1cc(Cl)ccc1Cl)N1CCN(c2ccc3nncn3n2)CC1. The highest BCUT2D eigenvalue weighted by atomic mass is 35.5. The number of fused-ring (bicyclic) bond motifs is 1. The third kappa shape index (κ3) is 3.12. The third-order valence-corrected chi connectivity index (χ3v) is 4.76. The lowest BCUT2D eigenvalue weighted by Crippen LogP contribution is -2.49. The van der Waals surface area contributed by atoms with Crippen LogP contribution in [0, 0.1) is 0 Å². The van der Waals surface area contributed by atoms with Crippen LogP contribution in [0.4, 0.5) is 5.82 Å². The van der Waals surface area contributed by atoms with E-state index in [0.29, 0.717) is 47.4 Å². The van der Waals surface area contributed by atoms with Crippen molar-refractivity contribution >= 4 is 40.6 Å². The number of benzene rings is 1. The molecule has 0 bridgehead atoms. The van der Waals surface area contributed by atoms with Crippen LogP contribution in [0.15, 0.2) is 36.7 Å². The zero-order valence-corrected chi connectivity index (χ0v) is 14.7. The average Bonchev–Trinajstić information content (AvgIpc) is 3.11. The van der Waals surface area contributed by atoms with Gasteiger partial charge in [-0.15, -0.1) is 15.3 Å². The van der Waals surface area contributed by atoms with Gasteiger partial charge in [-0.3, -0.25) is 4.79 Å². The first-order chi connectivity index (χ1) is 12.1. The van der Waals surface area contributed by atoms with Crippen LogP contribution in [-0.2, 0) is 0 Å². The van der Waals surface area contributed by atoms with E-state index in [4.69, 9.17) is 23.2 Å². The normalized spacial score (nSPS) is 15.0. The lowest BCUT2D eigenvalue weighted by Gasteiger charge is -2.35. The van der Waals surface area contributed by atoms with Gasteiger partial charge in [0.25, 0.3) is 5.91 Å². The summed E-state index contributed by atoms with van der Waals surface area (Å²) in [4.78, 5) is 16.6. The van der Waals surface area contributed by atoms with Gasteiger partial charge in [0, 0.05) is 31.2 Å². The molecule has 3 heterocycles. The van der Waals surface area contributed by atoms with Gasteiger partial charge in [0.2, 0.25) is 0 Å². The summed E-state index contributed by atoms with van der Waals surface area (Å²) >= 11 is 12.1. The van der Waals surface area contributed by atoms with Gasteiger partial charge in [0.05, 0.1) is 10.6 Å². The Morgan fingerprint density at radius 2 is 1.84 bits per heavy atom. The Hall–Kier alpha value is -2.38. The van der Waals surface area contributed by atoms with Crippen LogP contribution in [-0.4, -0.2) is 56.8 Å². The molecular formula is C16H14Cl2N6O. The van der Waals surface area contributed by atoms with Gasteiger partial charge in [-0.05, 0) is 30.3 Å². The number of piperazine rings is 1. The van der Waals surface area contributed by atoms with E-state index >= 15 is 0 Å². The Morgan fingerprint density at radius 1 is 1.04 bits per heavy atom. The summed E-state index contributed by atoms with van der Waals surface area (Å²) in [6, 6.07) is 8.71. The predicted octanol–water partition coefficient (Wildman–Crippen LogP) is 2.39. The number of anilines is 1. The summed E-state index contributed by atoms with van der Waals surface area (Å²) < 4.78 is 1.64. The van der Waals surface area contributed by atoms with E-state index in [-0.39, 0.29) is 5.91 Å². The molecule has 0 atom stereocenters. The Kier molecular flexibility index (Phi) is 4.19. The number of hydrogen-bond acceptors (Lipinski definition) is 5. The van der Waals surface area contributed by atoms with Crippen molar-refractivity contribution in [2.45, 2.75) is 0 Å². The highest BCUT2D eigenvalue weighted by Crippen LogP contribution is 2.23. The highest BCUT2D eigenvalue weighted by Gasteiger charge is 2.24. The molecule has 0 radical (unpaired) electrons. The van der Waals surface area contributed by atoms with Crippen molar-refractivity contribution in [3.8, 4) is 0 Å². The van der Waals surface area contributed by atoms with Crippen molar-refractivity contribution in [2.24, 2.45) is 0 Å². The van der Waals surface area contributed by atoms with Crippen molar-refractivity contribution in [3.63, 3.8) is 0 Å². The van der Waals surface area contributed by atoms with Gasteiger partial charge in [-0.1, -0.05) is 23.2 Å². The zero-order chi connectivity index (χ0) is 17.4. The molecule has 1 aromatic carbocycles. The van der Waals surface area contributed by atoms with Crippen molar-refractivity contribution in [3.05, 3.63) is 52.3 Å². The number of rotatable bonds is 2. The molecule has 0 unspecified atom stereocenters. The molecule has 1 amide bonds. The van der Waals surface area contributed by atoms with Gasteiger partial charge >= 0.3 is 0 Å². The van der Waals surface area contributed by atoms with Gasteiger partial charge < -0.3 is 9.80 Å². The van der Waals surface area contributed by atoms with Crippen LogP contribution in [0.1, 0.15) is 10.4 Å². The zero-order valence-electron chi connectivity index (χ0n) is 13.1. The Labute approximate surface area is 153 Å². The largest absolute Gasteiger partial charge is 0.352 e. The van der Waals surface area contributed by atoms with Crippen LogP contribution in [0.3, 0.4) is 0 Å². The van der Waals surface area contributed by atoms with Gasteiger partial charge in [0.15, 0.2) is 5.65 Å². The number of nitrogens with zero attached hydrogens (tertiary/aromatic N) is 6. The molecule has 1 aliphatic heterocycles. The maximum absolute atomic E-state index is 12.7. The Morgan fingerprint density at radius 3 is 2.64 bits per heavy atom. The van der Waals surface area contributed by atoms with Crippen LogP contribution >= 0.6 is 23.2 Å². The molecular weight excluding hydrogens is 363 g/mol. The topological polar surface area (TPSA) is 66.6 Å². The first-order valence-corrected chi connectivity index (χ1v) is 8.54. The van der Waals surface area contributed by atoms with E-state index in [2.05, 4.69) is 20.2 Å². The first kappa shape index (κ1) is 16.1. The average molecular weight is 377 g/mol. The number of halogens is 2. The summed E-state index contributed by atoms with van der Waals surface area (Å²) in [6.45, 7) is 2.54. The molecule has 9 heteroatoms. The fraction of sp³-hybridized carbons (Fsp3) is 0.250. The molecule has 128 valence electrons. The fourth-order valence-electron chi connectivity index (χ4n) is 2.86. The fourth-order valence-corrected chi connectivity index (χ4v) is 3.23. The minimum atomic E-state index is -0.102. The summed E-state index contributed by atoms with van der Waals surface area (Å²) in [5, 5.41) is 13.2. The molecule has 4 rings (SSSR count). The van der Waals surface area contributed by atoms with E-state index in [1.807, 2.05) is 12.1 Å². The van der Waals surface area contributed by atoms with Crippen molar-refractivity contribution < 1.29 is 4.79 Å². The standard InChI is InChI=1S/C16H14Cl2N6O/c17-11-1-2-13(18)12(9-11)16(25)23-7-5-22(6-8-23)15-4-3-14-20-19-10-24(14)21-15/h1-4,9-10H,5-8H2. The third-order valence-electron chi connectivity index (χ3n) is 4.20. The van der Waals surface area contributed by atoms with Crippen LogP contribution < -0.4 is 4.90 Å². The van der Waals surface area contributed by atoms with Gasteiger partial charge in [0.1, 0.15) is 12.1 Å². The Bertz CT molecular complexity index is 935. The van der Waals surface area contributed by atoms with Crippen molar-refractivity contribution in [2.75, 3.05) is 31.1 Å². The molecule has 0 aliphatic carbocycles. The molecule has 0 spiro atoms. The Balaban J connectivity index is 1.47. The minimum absolute atomic E-state index is 0.102. The quantitative estimate of drug-likeness (QED) is 0.686. The maximum Gasteiger partial charge on any atom is 0.255 e.